The molecule has 13 heavy (non-hydrogen) atoms. The van der Waals surface area contributed by atoms with Crippen molar-refractivity contribution in [1.29, 1.82) is 5.26 Å². The highest BCUT2D eigenvalue weighted by Gasteiger charge is 1.93. The molecule has 0 heterocycles. The molecule has 0 radical (unpaired) electrons. The molecule has 0 aromatic heterocycles. The Morgan fingerprint density at radius 1 is 1.31 bits per heavy atom. The molecular formula is C11H9NO. The van der Waals surface area contributed by atoms with Crippen LogP contribution in [0.5, 0.6) is 5.75 Å². The average Bonchev–Trinajstić information content (AvgIpc) is 2.17. The van der Waals surface area contributed by atoms with Crippen LogP contribution in [0.25, 0.3) is 0 Å². The minimum atomic E-state index is 0.275. The molecule has 0 aliphatic carbocycles. The third-order valence-corrected chi connectivity index (χ3v) is 1.53. The molecule has 0 saturated carbocycles. The fraction of sp³-hybridized carbons (Fsp3) is 0.182. The van der Waals surface area contributed by atoms with E-state index in [-0.39, 0.29) is 6.61 Å². The Labute approximate surface area is 77.8 Å². The lowest BCUT2D eigenvalue weighted by Gasteiger charge is -2.01. The molecule has 0 aliphatic rings. The largest absolute Gasteiger partial charge is 0.481 e. The lowest BCUT2D eigenvalue weighted by molar-refractivity contribution is 0.370. The summed E-state index contributed by atoms with van der Waals surface area (Å²) >= 11 is 0. The fourth-order valence-corrected chi connectivity index (χ4v) is 0.920. The van der Waals surface area contributed by atoms with Crippen LogP contribution in [0.1, 0.15) is 5.56 Å². The van der Waals surface area contributed by atoms with Gasteiger partial charge in [-0.2, -0.15) is 5.26 Å². The van der Waals surface area contributed by atoms with Gasteiger partial charge in [-0.05, 0) is 17.7 Å². The second kappa shape index (κ2) is 4.85. The minimum Gasteiger partial charge on any atom is -0.481 e. The number of nitriles is 1. The first-order valence-corrected chi connectivity index (χ1v) is 3.89. The molecule has 64 valence electrons. The van der Waals surface area contributed by atoms with Crippen LogP contribution in [-0.4, -0.2) is 6.61 Å². The second-order valence-corrected chi connectivity index (χ2v) is 2.47. The van der Waals surface area contributed by atoms with Gasteiger partial charge >= 0.3 is 0 Å². The number of hydrogen-bond donors (Lipinski definition) is 0. The van der Waals surface area contributed by atoms with Crippen LogP contribution < -0.4 is 4.74 Å². The van der Waals surface area contributed by atoms with E-state index in [1.165, 1.54) is 0 Å². The van der Waals surface area contributed by atoms with Gasteiger partial charge < -0.3 is 4.74 Å². The van der Waals surface area contributed by atoms with E-state index >= 15 is 0 Å². The Morgan fingerprint density at radius 2 is 2.00 bits per heavy atom. The number of benzene rings is 1. The molecule has 2 heteroatoms. The fourth-order valence-electron chi connectivity index (χ4n) is 0.920. The van der Waals surface area contributed by atoms with E-state index < -0.39 is 0 Å². The van der Waals surface area contributed by atoms with Crippen molar-refractivity contribution in [1.82, 2.24) is 0 Å². The first-order valence-electron chi connectivity index (χ1n) is 3.89. The first-order chi connectivity index (χ1) is 6.36. The molecule has 0 bridgehead atoms. The Bertz CT molecular complexity index is 340. The quantitative estimate of drug-likeness (QED) is 0.649. The van der Waals surface area contributed by atoms with Gasteiger partial charge in [0.15, 0.2) is 0 Å². The molecule has 0 atom stereocenters. The zero-order valence-electron chi connectivity index (χ0n) is 7.16. The van der Waals surface area contributed by atoms with Gasteiger partial charge in [0.2, 0.25) is 0 Å². The maximum Gasteiger partial charge on any atom is 0.148 e. The third-order valence-electron chi connectivity index (χ3n) is 1.53. The van der Waals surface area contributed by atoms with Crippen LogP contribution >= 0.6 is 0 Å². The van der Waals surface area contributed by atoms with Crippen LogP contribution in [0.3, 0.4) is 0 Å². The van der Waals surface area contributed by atoms with E-state index in [1.807, 2.05) is 24.3 Å². The van der Waals surface area contributed by atoms with E-state index in [0.717, 1.165) is 11.3 Å². The summed E-state index contributed by atoms with van der Waals surface area (Å²) in [5, 5.41) is 8.42. The molecular weight excluding hydrogens is 162 g/mol. The van der Waals surface area contributed by atoms with E-state index in [4.69, 9.17) is 16.4 Å². The lowest BCUT2D eigenvalue weighted by Crippen LogP contribution is -1.93. The van der Waals surface area contributed by atoms with Crippen molar-refractivity contribution in [2.75, 3.05) is 6.61 Å². The van der Waals surface area contributed by atoms with Crippen molar-refractivity contribution in [2.45, 2.75) is 6.42 Å². The summed E-state index contributed by atoms with van der Waals surface area (Å²) in [5.74, 6) is 3.12. The molecule has 1 aromatic carbocycles. The van der Waals surface area contributed by atoms with Crippen LogP contribution in [0.4, 0.5) is 0 Å². The molecule has 0 amide bonds. The summed E-state index contributed by atoms with van der Waals surface area (Å²) in [6.45, 7) is 0.275. The van der Waals surface area contributed by atoms with Gasteiger partial charge in [-0.15, -0.1) is 6.42 Å². The van der Waals surface area contributed by atoms with Crippen LogP contribution in [0, 0.1) is 23.7 Å². The summed E-state index contributed by atoms with van der Waals surface area (Å²) in [6.07, 6.45) is 5.46. The van der Waals surface area contributed by atoms with E-state index in [9.17, 15) is 0 Å². The SMILES string of the molecule is C#CCOc1ccc(CC#N)cc1. The smallest absolute Gasteiger partial charge is 0.148 e. The van der Waals surface area contributed by atoms with Gasteiger partial charge in [-0.25, -0.2) is 0 Å². The van der Waals surface area contributed by atoms with Crippen LogP contribution in [0.15, 0.2) is 24.3 Å². The van der Waals surface area contributed by atoms with Crippen LogP contribution in [-0.2, 0) is 6.42 Å². The summed E-state index contributed by atoms with van der Waals surface area (Å²) in [6, 6.07) is 9.40. The van der Waals surface area contributed by atoms with Gasteiger partial charge in [0, 0.05) is 0 Å². The number of rotatable bonds is 3. The highest BCUT2D eigenvalue weighted by atomic mass is 16.5. The molecule has 0 fully saturated rings. The standard InChI is InChI=1S/C11H9NO/c1-2-9-13-11-5-3-10(4-6-11)7-8-12/h1,3-6H,7,9H2. The van der Waals surface area contributed by atoms with Crippen molar-refractivity contribution in [3.05, 3.63) is 29.8 Å². The third kappa shape index (κ3) is 2.89. The van der Waals surface area contributed by atoms with Crippen molar-refractivity contribution >= 4 is 0 Å². The normalized spacial score (nSPS) is 8.46. The van der Waals surface area contributed by atoms with E-state index in [0.29, 0.717) is 6.42 Å². The van der Waals surface area contributed by atoms with E-state index in [1.54, 1.807) is 0 Å². The maximum atomic E-state index is 8.42. The topological polar surface area (TPSA) is 33.0 Å². The molecule has 0 spiro atoms. The number of hydrogen-bond acceptors (Lipinski definition) is 2. The van der Waals surface area contributed by atoms with Crippen molar-refractivity contribution in [3.8, 4) is 24.2 Å². The van der Waals surface area contributed by atoms with Crippen molar-refractivity contribution in [2.24, 2.45) is 0 Å². The average molecular weight is 171 g/mol. The number of ether oxygens (including phenoxy) is 1. The highest BCUT2D eigenvalue weighted by molar-refractivity contribution is 5.28. The first kappa shape index (κ1) is 9.16. The van der Waals surface area contributed by atoms with Crippen molar-refractivity contribution < 1.29 is 4.74 Å². The predicted octanol–water partition coefficient (Wildman–Crippen LogP) is 1.76. The Kier molecular flexibility index (Phi) is 3.42. The summed E-state index contributed by atoms with van der Waals surface area (Å²) in [5.41, 5.74) is 0.982. The van der Waals surface area contributed by atoms with Gasteiger partial charge in [0.1, 0.15) is 12.4 Å². The molecule has 2 nitrogen and oxygen atoms in total. The Balaban J connectivity index is 2.61. The van der Waals surface area contributed by atoms with Gasteiger partial charge in [0.05, 0.1) is 12.5 Å². The minimum absolute atomic E-state index is 0.275. The summed E-state index contributed by atoms with van der Waals surface area (Å²) < 4.78 is 5.17. The Hall–Kier alpha value is -1.93. The van der Waals surface area contributed by atoms with Crippen LogP contribution in [0.2, 0.25) is 0 Å². The summed E-state index contributed by atoms with van der Waals surface area (Å²) in [4.78, 5) is 0. The molecule has 0 N–H and O–H groups in total. The van der Waals surface area contributed by atoms with Gasteiger partial charge in [-0.1, -0.05) is 18.1 Å². The zero-order valence-corrected chi connectivity index (χ0v) is 7.16. The Morgan fingerprint density at radius 3 is 2.54 bits per heavy atom. The molecule has 0 aliphatic heterocycles. The predicted molar refractivity (Wildman–Crippen MR) is 50.1 cm³/mol. The lowest BCUT2D eigenvalue weighted by atomic mass is 10.2. The van der Waals surface area contributed by atoms with Crippen molar-refractivity contribution in [3.63, 3.8) is 0 Å². The van der Waals surface area contributed by atoms with Gasteiger partial charge in [0.25, 0.3) is 0 Å². The molecule has 1 rings (SSSR count). The van der Waals surface area contributed by atoms with E-state index in [2.05, 4.69) is 12.0 Å². The zero-order chi connectivity index (χ0) is 9.52. The maximum absolute atomic E-state index is 8.42. The summed E-state index contributed by atoms with van der Waals surface area (Å²) in [7, 11) is 0. The molecule has 1 aromatic rings. The highest BCUT2D eigenvalue weighted by Crippen LogP contribution is 2.11. The number of terminal acetylenes is 1. The monoisotopic (exact) mass is 171 g/mol. The van der Waals surface area contributed by atoms with Gasteiger partial charge in [-0.3, -0.25) is 0 Å². The molecule has 0 saturated heterocycles. The second-order valence-electron chi connectivity index (χ2n) is 2.47. The molecule has 0 unspecified atom stereocenters. The number of nitrogens with zero attached hydrogens (tertiary/aromatic N) is 1.